The molecule has 0 saturated heterocycles. The van der Waals surface area contributed by atoms with Crippen molar-refractivity contribution in [2.45, 2.75) is 0 Å². The van der Waals surface area contributed by atoms with E-state index in [2.05, 4.69) is 16.7 Å². The molecule has 0 saturated carbocycles. The second-order valence-corrected chi connectivity index (χ2v) is 13.6. The number of hydrogen-bond acceptors (Lipinski definition) is 3. The Hall–Kier alpha value is -7.82. The number of furan rings is 2. The molecule has 4 nitrogen and oxygen atoms in total. The van der Waals surface area contributed by atoms with Crippen molar-refractivity contribution < 1.29 is 30.8 Å². The lowest BCUT2D eigenvalue weighted by Gasteiger charge is -2.27. The molecule has 12 rings (SSSR count). The van der Waals surface area contributed by atoms with E-state index in [1.54, 1.807) is 36.4 Å². The molecule has 0 aliphatic carbocycles. The minimum absolute atomic E-state index is 0.0514. The summed E-state index contributed by atoms with van der Waals surface area (Å²) in [4.78, 5) is 1.16. The number of fused-ring (bicyclic) bond motifs is 9. The van der Waals surface area contributed by atoms with E-state index in [4.69, 9.17) is 22.5 Å². The first-order chi connectivity index (χ1) is 35.4. The standard InChI is InChI=1S/C54H34N2O2/c1-2-14-35(15-3-1)36-28-30-38(31-29-36)55(49-25-13-22-44-43-20-6-10-26-50(43)57-53(44)49)48-33-32-40(54-52(48)45-21-7-11-27-51(45)58-54)37-16-12-17-39(34-37)56-46-23-8-4-18-41(46)42-19-5-9-24-47(42)56/h1-34H/i1D,2D,3D,6D,10D,13D,14D,15D,20D,22D,25D,26D,28D,29D,30D,31D. The zero-order valence-electron chi connectivity index (χ0n) is 46.1. The van der Waals surface area contributed by atoms with Gasteiger partial charge in [0.15, 0.2) is 5.58 Å². The quantitative estimate of drug-likeness (QED) is 0.169. The van der Waals surface area contributed by atoms with Crippen LogP contribution in [0.2, 0.25) is 0 Å². The summed E-state index contributed by atoms with van der Waals surface area (Å²) in [7, 11) is 0. The van der Waals surface area contributed by atoms with Crippen molar-refractivity contribution in [2.24, 2.45) is 0 Å². The fourth-order valence-electron chi connectivity index (χ4n) is 7.98. The van der Waals surface area contributed by atoms with Gasteiger partial charge in [0.2, 0.25) is 0 Å². The fraction of sp³-hybridized carbons (Fsp3) is 0. The minimum atomic E-state index is -0.827. The molecule has 0 N–H and O–H groups in total. The maximum Gasteiger partial charge on any atom is 0.159 e. The summed E-state index contributed by atoms with van der Waals surface area (Å²) in [6.45, 7) is 0. The van der Waals surface area contributed by atoms with Crippen LogP contribution in [-0.4, -0.2) is 4.57 Å². The van der Waals surface area contributed by atoms with Gasteiger partial charge in [0, 0.05) is 43.9 Å². The highest BCUT2D eigenvalue weighted by atomic mass is 16.3. The average molecular weight is 759 g/mol. The van der Waals surface area contributed by atoms with Crippen LogP contribution in [0.5, 0.6) is 0 Å². The Morgan fingerprint density at radius 3 is 1.91 bits per heavy atom. The van der Waals surface area contributed by atoms with Crippen LogP contribution in [0, 0.1) is 0 Å². The molecule has 0 bridgehead atoms. The van der Waals surface area contributed by atoms with Crippen LogP contribution in [0.1, 0.15) is 21.9 Å². The van der Waals surface area contributed by atoms with Crippen LogP contribution in [-0.2, 0) is 0 Å². The van der Waals surface area contributed by atoms with Gasteiger partial charge in [-0.05, 0) is 83.3 Å². The topological polar surface area (TPSA) is 34.5 Å². The molecule has 0 atom stereocenters. The largest absolute Gasteiger partial charge is 0.455 e. The molecule has 0 amide bonds. The van der Waals surface area contributed by atoms with Gasteiger partial charge in [-0.15, -0.1) is 0 Å². The van der Waals surface area contributed by atoms with E-state index >= 15 is 0 Å². The van der Waals surface area contributed by atoms with Crippen LogP contribution in [0.4, 0.5) is 17.1 Å². The number of rotatable bonds is 6. The molecular weight excluding hydrogens is 709 g/mol. The lowest BCUT2D eigenvalue weighted by atomic mass is 9.99. The van der Waals surface area contributed by atoms with E-state index in [-0.39, 0.29) is 22.0 Å². The van der Waals surface area contributed by atoms with Crippen molar-refractivity contribution in [3.8, 4) is 27.9 Å². The summed E-state index contributed by atoms with van der Waals surface area (Å²) in [5, 5.41) is 2.39. The first-order valence-corrected chi connectivity index (χ1v) is 18.4. The molecular formula is C54H34N2O2. The van der Waals surface area contributed by atoms with Gasteiger partial charge in [0.1, 0.15) is 16.7 Å². The molecule has 0 spiro atoms. The summed E-state index contributed by atoms with van der Waals surface area (Å²) >= 11 is 0. The van der Waals surface area contributed by atoms with Crippen molar-refractivity contribution >= 4 is 82.7 Å². The zero-order chi connectivity index (χ0) is 52.1. The van der Waals surface area contributed by atoms with Crippen LogP contribution >= 0.6 is 0 Å². The first-order valence-electron chi connectivity index (χ1n) is 26.4. The van der Waals surface area contributed by atoms with Gasteiger partial charge in [-0.25, -0.2) is 0 Å². The van der Waals surface area contributed by atoms with E-state index in [1.165, 1.54) is 0 Å². The van der Waals surface area contributed by atoms with Crippen molar-refractivity contribution in [2.75, 3.05) is 4.90 Å². The minimum Gasteiger partial charge on any atom is -0.455 e. The van der Waals surface area contributed by atoms with E-state index in [0.29, 0.717) is 27.5 Å². The van der Waals surface area contributed by atoms with Crippen molar-refractivity contribution in [1.29, 1.82) is 0 Å². The molecule has 0 aliphatic heterocycles. The maximum atomic E-state index is 9.77. The lowest BCUT2D eigenvalue weighted by Crippen LogP contribution is -2.10. The summed E-state index contributed by atoms with van der Waals surface area (Å²) in [6.07, 6.45) is 0. The molecule has 0 unspecified atom stereocenters. The smallest absolute Gasteiger partial charge is 0.159 e. The number of para-hydroxylation sites is 5. The second-order valence-electron chi connectivity index (χ2n) is 13.6. The first kappa shape index (κ1) is 20.4. The van der Waals surface area contributed by atoms with E-state index in [0.717, 1.165) is 32.4 Å². The van der Waals surface area contributed by atoms with Gasteiger partial charge in [0.25, 0.3) is 0 Å². The fourth-order valence-corrected chi connectivity index (χ4v) is 7.98. The normalized spacial score (nSPS) is 15.7. The number of hydrogen-bond donors (Lipinski definition) is 0. The zero-order valence-corrected chi connectivity index (χ0v) is 30.1. The van der Waals surface area contributed by atoms with Crippen molar-refractivity contribution in [3.05, 3.63) is 206 Å². The number of anilines is 3. The SMILES string of the molecule is [2H]c1c([2H])c([2H])c(-c2c([2H])c([2H])c(N(c3c([2H])c([2H])c([2H])c4c3oc3c([2H])c([2H])c([2H])c([2H])c34)c3ccc(-c4cccc(-n5c6ccccc6c6ccccc65)c4)c4oc5ccccc5c34)c([2H])c2[2H])c([2H])c1[2H]. The molecule has 0 radical (unpaired) electrons. The van der Waals surface area contributed by atoms with E-state index in [9.17, 15) is 8.22 Å². The van der Waals surface area contributed by atoms with Crippen molar-refractivity contribution in [3.63, 3.8) is 0 Å². The number of aromatic nitrogens is 1. The Labute approximate surface area is 356 Å². The van der Waals surface area contributed by atoms with Gasteiger partial charge < -0.3 is 18.3 Å². The molecule has 3 heterocycles. The molecule has 272 valence electrons. The van der Waals surface area contributed by atoms with Crippen LogP contribution in [0.15, 0.2) is 215 Å². The van der Waals surface area contributed by atoms with Gasteiger partial charge in [0.05, 0.1) is 49.7 Å². The monoisotopic (exact) mass is 758 g/mol. The Morgan fingerprint density at radius 2 is 1.10 bits per heavy atom. The van der Waals surface area contributed by atoms with Crippen LogP contribution in [0.3, 0.4) is 0 Å². The highest BCUT2D eigenvalue weighted by molar-refractivity contribution is 6.19. The summed E-state index contributed by atoms with van der Waals surface area (Å²) in [5.74, 6) is 0. The van der Waals surface area contributed by atoms with Gasteiger partial charge in [-0.3, -0.25) is 0 Å². The van der Waals surface area contributed by atoms with Crippen LogP contribution < -0.4 is 4.90 Å². The Kier molecular flexibility index (Phi) is 4.52. The second kappa shape index (κ2) is 12.9. The summed E-state index contributed by atoms with van der Waals surface area (Å²) < 4.78 is 159. The maximum absolute atomic E-state index is 9.77. The van der Waals surface area contributed by atoms with Gasteiger partial charge >= 0.3 is 0 Å². The van der Waals surface area contributed by atoms with E-state index in [1.807, 2.05) is 60.7 Å². The van der Waals surface area contributed by atoms with Crippen LogP contribution in [0.25, 0.3) is 93.6 Å². The third-order valence-corrected chi connectivity index (χ3v) is 10.5. The highest BCUT2D eigenvalue weighted by Crippen LogP contribution is 2.49. The van der Waals surface area contributed by atoms with Crippen molar-refractivity contribution in [1.82, 2.24) is 4.57 Å². The van der Waals surface area contributed by atoms with Gasteiger partial charge in [-0.1, -0.05) is 139 Å². The number of nitrogens with zero attached hydrogens (tertiary/aromatic N) is 2. The number of benzene rings is 9. The molecule has 4 heteroatoms. The summed E-state index contributed by atoms with van der Waals surface area (Å²) in [5.41, 5.74) is 1.78. The Balaban J connectivity index is 1.21. The third-order valence-electron chi connectivity index (χ3n) is 10.5. The van der Waals surface area contributed by atoms with E-state index < -0.39 is 130 Å². The lowest BCUT2D eigenvalue weighted by molar-refractivity contribution is 0.668. The summed E-state index contributed by atoms with van der Waals surface area (Å²) in [6, 6.07) is 22.7. The molecule has 58 heavy (non-hydrogen) atoms. The predicted octanol–water partition coefficient (Wildman–Crippen LogP) is 15.4. The highest BCUT2D eigenvalue weighted by Gasteiger charge is 2.25. The molecule has 12 aromatic rings. The Bertz CT molecular complexity index is 4370. The average Bonchev–Trinajstić information content (AvgIpc) is 4.11. The third kappa shape index (κ3) is 4.95. The molecule has 9 aromatic carbocycles. The molecule has 0 aliphatic rings. The molecule has 3 aromatic heterocycles. The Morgan fingerprint density at radius 1 is 0.431 bits per heavy atom. The van der Waals surface area contributed by atoms with Gasteiger partial charge in [-0.2, -0.15) is 0 Å². The molecule has 0 fully saturated rings. The predicted molar refractivity (Wildman–Crippen MR) is 241 cm³/mol.